The third-order valence-corrected chi connectivity index (χ3v) is 5.68. The van der Waals surface area contributed by atoms with Crippen LogP contribution in [-0.4, -0.2) is 65.7 Å². The lowest BCUT2D eigenvalue weighted by Gasteiger charge is -2.40. The average Bonchev–Trinajstić information content (AvgIpc) is 2.71. The Hall–Kier alpha value is -2.18. The smallest absolute Gasteiger partial charge is 0.263 e. The van der Waals surface area contributed by atoms with E-state index in [1.807, 2.05) is 29.2 Å². The van der Waals surface area contributed by atoms with E-state index >= 15 is 0 Å². The van der Waals surface area contributed by atoms with Crippen molar-refractivity contribution in [3.63, 3.8) is 0 Å². The van der Waals surface area contributed by atoms with Gasteiger partial charge in [0.15, 0.2) is 0 Å². The SMILES string of the molecule is Cn1c(=O)c(C(=O)N2CCC(N3CCOCC3)CC2)cc2ccccc21. The van der Waals surface area contributed by atoms with Gasteiger partial charge in [-0.25, -0.2) is 0 Å². The molecule has 2 aliphatic rings. The summed E-state index contributed by atoms with van der Waals surface area (Å²) in [7, 11) is 1.73. The van der Waals surface area contributed by atoms with Crippen molar-refractivity contribution in [2.24, 2.45) is 7.05 Å². The lowest BCUT2D eigenvalue weighted by atomic mass is 10.0. The largest absolute Gasteiger partial charge is 0.379 e. The molecule has 2 aromatic rings. The molecule has 138 valence electrons. The minimum atomic E-state index is -0.219. The summed E-state index contributed by atoms with van der Waals surface area (Å²) in [5, 5.41) is 0.918. The molecule has 3 heterocycles. The van der Waals surface area contributed by atoms with E-state index in [0.29, 0.717) is 19.1 Å². The number of pyridine rings is 1. The van der Waals surface area contributed by atoms with Crippen LogP contribution in [0.3, 0.4) is 0 Å². The van der Waals surface area contributed by atoms with E-state index in [1.54, 1.807) is 17.7 Å². The topological polar surface area (TPSA) is 54.8 Å². The zero-order valence-corrected chi connectivity index (χ0v) is 15.2. The van der Waals surface area contributed by atoms with Gasteiger partial charge in [-0.2, -0.15) is 0 Å². The van der Waals surface area contributed by atoms with Crippen molar-refractivity contribution in [3.05, 3.63) is 46.2 Å². The Morgan fingerprint density at radius 1 is 1.08 bits per heavy atom. The number of morpholine rings is 1. The zero-order chi connectivity index (χ0) is 18.1. The predicted octanol–water partition coefficient (Wildman–Crippen LogP) is 1.48. The molecule has 1 aromatic carbocycles. The lowest BCUT2D eigenvalue weighted by Crippen LogP contribution is -2.50. The van der Waals surface area contributed by atoms with Crippen LogP contribution in [0.15, 0.2) is 35.1 Å². The molecule has 6 heteroatoms. The van der Waals surface area contributed by atoms with Crippen LogP contribution in [0.25, 0.3) is 10.9 Å². The van der Waals surface area contributed by atoms with E-state index in [4.69, 9.17) is 4.74 Å². The number of carbonyl (C=O) groups excluding carboxylic acids is 1. The van der Waals surface area contributed by atoms with Crippen molar-refractivity contribution in [1.82, 2.24) is 14.4 Å². The molecule has 26 heavy (non-hydrogen) atoms. The van der Waals surface area contributed by atoms with Gasteiger partial charge in [-0.15, -0.1) is 0 Å². The maximum Gasteiger partial charge on any atom is 0.263 e. The summed E-state index contributed by atoms with van der Waals surface area (Å²) in [5.74, 6) is -0.142. The number of hydrogen-bond donors (Lipinski definition) is 0. The van der Waals surface area contributed by atoms with Gasteiger partial charge in [-0.05, 0) is 30.4 Å². The first-order valence-corrected chi connectivity index (χ1v) is 9.35. The number of fused-ring (bicyclic) bond motifs is 1. The molecule has 0 radical (unpaired) electrons. The van der Waals surface area contributed by atoms with Crippen LogP contribution in [-0.2, 0) is 11.8 Å². The number of likely N-dealkylation sites (tertiary alicyclic amines) is 1. The molecule has 1 amide bonds. The first-order chi connectivity index (χ1) is 12.6. The molecule has 2 fully saturated rings. The number of piperidine rings is 1. The number of para-hydroxylation sites is 1. The molecule has 2 aliphatic heterocycles. The number of nitrogens with zero attached hydrogens (tertiary/aromatic N) is 3. The Bertz CT molecular complexity index is 862. The minimum Gasteiger partial charge on any atom is -0.379 e. The van der Waals surface area contributed by atoms with Crippen molar-refractivity contribution in [2.75, 3.05) is 39.4 Å². The number of benzene rings is 1. The van der Waals surface area contributed by atoms with E-state index in [1.165, 1.54) is 0 Å². The highest BCUT2D eigenvalue weighted by molar-refractivity contribution is 5.97. The Morgan fingerprint density at radius 3 is 2.50 bits per heavy atom. The van der Waals surface area contributed by atoms with Gasteiger partial charge in [0.05, 0.1) is 18.7 Å². The van der Waals surface area contributed by atoms with Crippen LogP contribution >= 0.6 is 0 Å². The van der Waals surface area contributed by atoms with Crippen LogP contribution in [0.4, 0.5) is 0 Å². The number of hydrogen-bond acceptors (Lipinski definition) is 4. The molecule has 1 aromatic heterocycles. The molecular formula is C20H25N3O3. The van der Waals surface area contributed by atoms with Crippen LogP contribution in [0.1, 0.15) is 23.2 Å². The second-order valence-corrected chi connectivity index (χ2v) is 7.15. The molecule has 0 aliphatic carbocycles. The van der Waals surface area contributed by atoms with Crippen LogP contribution in [0.2, 0.25) is 0 Å². The van der Waals surface area contributed by atoms with Crippen LogP contribution < -0.4 is 5.56 Å². The fraction of sp³-hybridized carbons (Fsp3) is 0.500. The van der Waals surface area contributed by atoms with Gasteiger partial charge in [-0.1, -0.05) is 18.2 Å². The fourth-order valence-electron chi connectivity index (χ4n) is 4.12. The van der Waals surface area contributed by atoms with E-state index in [9.17, 15) is 9.59 Å². The minimum absolute atomic E-state index is 0.142. The van der Waals surface area contributed by atoms with Gasteiger partial charge >= 0.3 is 0 Å². The average molecular weight is 355 g/mol. The van der Waals surface area contributed by atoms with Crippen LogP contribution in [0, 0.1) is 0 Å². The molecule has 0 bridgehead atoms. The molecule has 0 unspecified atom stereocenters. The highest BCUT2D eigenvalue weighted by Gasteiger charge is 2.29. The first-order valence-electron chi connectivity index (χ1n) is 9.35. The maximum atomic E-state index is 13.0. The number of amides is 1. The van der Waals surface area contributed by atoms with E-state index in [-0.39, 0.29) is 17.0 Å². The molecular weight excluding hydrogens is 330 g/mol. The number of aryl methyl sites for hydroxylation is 1. The molecule has 0 saturated carbocycles. The quantitative estimate of drug-likeness (QED) is 0.819. The predicted molar refractivity (Wildman–Crippen MR) is 101 cm³/mol. The number of ether oxygens (including phenoxy) is 1. The van der Waals surface area contributed by atoms with Crippen molar-refractivity contribution >= 4 is 16.8 Å². The summed E-state index contributed by atoms with van der Waals surface area (Å²) in [6.45, 7) is 4.96. The van der Waals surface area contributed by atoms with Gasteiger partial charge in [0, 0.05) is 39.3 Å². The monoisotopic (exact) mass is 355 g/mol. The van der Waals surface area contributed by atoms with E-state index < -0.39 is 0 Å². The summed E-state index contributed by atoms with van der Waals surface area (Å²) in [6.07, 6.45) is 1.92. The number of rotatable bonds is 2. The summed E-state index contributed by atoms with van der Waals surface area (Å²) in [5.41, 5.74) is 0.903. The Kier molecular flexibility index (Phi) is 4.78. The first kappa shape index (κ1) is 17.2. The van der Waals surface area contributed by atoms with Gasteiger partial charge in [-0.3, -0.25) is 14.5 Å². The number of carbonyl (C=O) groups is 1. The van der Waals surface area contributed by atoms with Crippen molar-refractivity contribution in [2.45, 2.75) is 18.9 Å². The lowest BCUT2D eigenvalue weighted by molar-refractivity contribution is 0.00157. The summed E-state index contributed by atoms with van der Waals surface area (Å²) >= 11 is 0. The van der Waals surface area contributed by atoms with E-state index in [0.717, 1.165) is 50.0 Å². The second kappa shape index (κ2) is 7.21. The summed E-state index contributed by atoms with van der Waals surface area (Å²) in [4.78, 5) is 30.0. The van der Waals surface area contributed by atoms with Crippen LogP contribution in [0.5, 0.6) is 0 Å². The van der Waals surface area contributed by atoms with Gasteiger partial charge < -0.3 is 14.2 Å². The molecule has 6 nitrogen and oxygen atoms in total. The number of aromatic nitrogens is 1. The zero-order valence-electron chi connectivity index (χ0n) is 15.2. The third kappa shape index (κ3) is 3.15. The molecule has 0 spiro atoms. The highest BCUT2D eigenvalue weighted by atomic mass is 16.5. The second-order valence-electron chi connectivity index (χ2n) is 7.15. The molecule has 0 N–H and O–H groups in total. The standard InChI is InChI=1S/C20H25N3O3/c1-21-18-5-3-2-4-15(18)14-17(19(21)24)20(25)23-8-6-16(7-9-23)22-10-12-26-13-11-22/h2-5,14,16H,6-13H2,1H3. The molecule has 4 rings (SSSR count). The van der Waals surface area contributed by atoms with Gasteiger partial charge in [0.2, 0.25) is 0 Å². The van der Waals surface area contributed by atoms with Crippen molar-refractivity contribution in [1.29, 1.82) is 0 Å². The van der Waals surface area contributed by atoms with Gasteiger partial charge in [0.25, 0.3) is 11.5 Å². The molecule has 2 saturated heterocycles. The third-order valence-electron chi connectivity index (χ3n) is 5.68. The Labute approximate surface area is 153 Å². The van der Waals surface area contributed by atoms with Crippen molar-refractivity contribution in [3.8, 4) is 0 Å². The van der Waals surface area contributed by atoms with Crippen molar-refractivity contribution < 1.29 is 9.53 Å². The molecule has 0 atom stereocenters. The summed E-state index contributed by atoms with van der Waals surface area (Å²) < 4.78 is 7.00. The van der Waals surface area contributed by atoms with E-state index in [2.05, 4.69) is 4.90 Å². The normalized spacial score (nSPS) is 19.8. The fourth-order valence-corrected chi connectivity index (χ4v) is 4.12. The highest BCUT2D eigenvalue weighted by Crippen LogP contribution is 2.20. The van der Waals surface area contributed by atoms with Gasteiger partial charge in [0.1, 0.15) is 5.56 Å². The maximum absolute atomic E-state index is 13.0. The Balaban J connectivity index is 1.51. The summed E-state index contributed by atoms with van der Waals surface area (Å²) in [6, 6.07) is 9.93. The Morgan fingerprint density at radius 2 is 1.77 bits per heavy atom.